The van der Waals surface area contributed by atoms with Crippen LogP contribution in [0.1, 0.15) is 38.7 Å². The monoisotopic (exact) mass is 347 g/mol. The molecule has 0 radical (unpaired) electrons. The molecule has 0 amide bonds. The van der Waals surface area contributed by atoms with Crippen molar-refractivity contribution in [2.45, 2.75) is 33.1 Å². The molecule has 1 N–H and O–H groups in total. The molecule has 25 heavy (non-hydrogen) atoms. The van der Waals surface area contributed by atoms with Crippen molar-refractivity contribution in [3.8, 4) is 5.75 Å². The zero-order chi connectivity index (χ0) is 18.1. The first-order valence-electron chi connectivity index (χ1n) is 9.40. The zero-order valence-electron chi connectivity index (χ0n) is 16.1. The summed E-state index contributed by atoms with van der Waals surface area (Å²) >= 11 is 0. The molecule has 0 spiro atoms. The third-order valence-electron chi connectivity index (χ3n) is 4.42. The van der Waals surface area contributed by atoms with Crippen LogP contribution in [0, 0.1) is 5.92 Å². The van der Waals surface area contributed by atoms with E-state index in [-0.39, 0.29) is 0 Å². The third kappa shape index (κ3) is 6.58. The molecule has 1 aliphatic heterocycles. The lowest BCUT2D eigenvalue weighted by Crippen LogP contribution is -2.41. The molecular weight excluding hydrogens is 314 g/mol. The van der Waals surface area contributed by atoms with Gasteiger partial charge in [-0.05, 0) is 37.0 Å². The Morgan fingerprint density at radius 2 is 2.12 bits per heavy atom. The summed E-state index contributed by atoms with van der Waals surface area (Å²) in [5, 5.41) is 3.35. The highest BCUT2D eigenvalue weighted by molar-refractivity contribution is 5.79. The van der Waals surface area contributed by atoms with Crippen molar-refractivity contribution in [2.24, 2.45) is 10.9 Å². The van der Waals surface area contributed by atoms with Gasteiger partial charge in [0.25, 0.3) is 0 Å². The number of hydrogen-bond acceptors (Lipinski definition) is 3. The first-order valence-corrected chi connectivity index (χ1v) is 9.40. The smallest absolute Gasteiger partial charge is 0.193 e. The number of nitrogens with zero attached hydrogens (tertiary/aromatic N) is 2. The molecule has 1 aromatic rings. The molecule has 0 saturated carbocycles. The van der Waals surface area contributed by atoms with E-state index < -0.39 is 0 Å². The molecule has 1 aromatic carbocycles. The van der Waals surface area contributed by atoms with Gasteiger partial charge in [0.05, 0.1) is 13.2 Å². The Bertz CT molecular complexity index is 522. The normalized spacial score (nSPS) is 17.8. The number of ether oxygens (including phenoxy) is 2. The first kappa shape index (κ1) is 19.6. The molecule has 0 aromatic heterocycles. The molecule has 0 bridgehead atoms. The minimum atomic E-state index is 0.544. The average Bonchev–Trinajstić information content (AvgIpc) is 3.11. The maximum Gasteiger partial charge on any atom is 0.193 e. The van der Waals surface area contributed by atoms with E-state index in [1.165, 1.54) is 5.56 Å². The van der Waals surface area contributed by atoms with Crippen LogP contribution in [0.3, 0.4) is 0 Å². The minimum absolute atomic E-state index is 0.544. The lowest BCUT2D eigenvalue weighted by Gasteiger charge is -2.24. The van der Waals surface area contributed by atoms with Gasteiger partial charge in [-0.1, -0.05) is 26.0 Å². The number of aliphatic imine (C=N–C) groups is 1. The second-order valence-electron chi connectivity index (χ2n) is 6.92. The lowest BCUT2D eigenvalue weighted by atomic mass is 10.0. The summed E-state index contributed by atoms with van der Waals surface area (Å²) in [4.78, 5) is 6.88. The molecular formula is C20H33N3O2. The minimum Gasteiger partial charge on any atom is -0.492 e. The molecule has 1 unspecified atom stereocenters. The predicted molar refractivity (Wildman–Crippen MR) is 104 cm³/mol. The van der Waals surface area contributed by atoms with E-state index in [2.05, 4.69) is 55.2 Å². The van der Waals surface area contributed by atoms with Crippen LogP contribution < -0.4 is 10.1 Å². The molecule has 0 aliphatic carbocycles. The van der Waals surface area contributed by atoms with Crippen molar-refractivity contribution in [3.05, 3.63) is 29.8 Å². The van der Waals surface area contributed by atoms with Crippen LogP contribution in [0.4, 0.5) is 0 Å². The van der Waals surface area contributed by atoms with Crippen molar-refractivity contribution < 1.29 is 9.47 Å². The molecule has 140 valence electrons. The summed E-state index contributed by atoms with van der Waals surface area (Å²) in [5.74, 6) is 2.99. The number of nitrogens with one attached hydrogen (secondary N) is 1. The summed E-state index contributed by atoms with van der Waals surface area (Å²) in [6, 6.07) is 8.34. The fraction of sp³-hybridized carbons (Fsp3) is 0.650. The van der Waals surface area contributed by atoms with Gasteiger partial charge in [-0.15, -0.1) is 0 Å². The van der Waals surface area contributed by atoms with Crippen LogP contribution in [-0.2, 0) is 4.74 Å². The third-order valence-corrected chi connectivity index (χ3v) is 4.42. The van der Waals surface area contributed by atoms with Crippen molar-refractivity contribution in [3.63, 3.8) is 0 Å². The Morgan fingerprint density at radius 3 is 2.72 bits per heavy atom. The van der Waals surface area contributed by atoms with E-state index in [9.17, 15) is 0 Å². The van der Waals surface area contributed by atoms with Crippen molar-refractivity contribution >= 4 is 5.96 Å². The maximum absolute atomic E-state index is 5.81. The standard InChI is InChI=1S/C20H33N3O2/c1-5-21-20(23(4)14-17-10-12-24-15-17)22-11-13-25-19-8-6-18(7-9-19)16(2)3/h6-9,16-17H,5,10-15H2,1-4H3,(H,21,22). The van der Waals surface area contributed by atoms with Gasteiger partial charge in [-0.3, -0.25) is 0 Å². The maximum atomic E-state index is 5.81. The fourth-order valence-electron chi connectivity index (χ4n) is 2.93. The largest absolute Gasteiger partial charge is 0.492 e. The predicted octanol–water partition coefficient (Wildman–Crippen LogP) is 3.12. The Balaban J connectivity index is 1.79. The fourth-order valence-corrected chi connectivity index (χ4v) is 2.93. The van der Waals surface area contributed by atoms with Crippen LogP contribution in [0.5, 0.6) is 5.75 Å². The summed E-state index contributed by atoms with van der Waals surface area (Å²) < 4.78 is 11.3. The van der Waals surface area contributed by atoms with E-state index in [0.29, 0.717) is 25.0 Å². The van der Waals surface area contributed by atoms with Gasteiger partial charge >= 0.3 is 0 Å². The second kappa shape index (κ2) is 10.3. The van der Waals surface area contributed by atoms with Crippen molar-refractivity contribution in [1.82, 2.24) is 10.2 Å². The van der Waals surface area contributed by atoms with Gasteiger partial charge in [0, 0.05) is 32.7 Å². The molecule has 1 fully saturated rings. The highest BCUT2D eigenvalue weighted by Gasteiger charge is 2.18. The SMILES string of the molecule is CCNC(=NCCOc1ccc(C(C)C)cc1)N(C)CC1CCOC1. The topological polar surface area (TPSA) is 46.1 Å². The van der Waals surface area contributed by atoms with Gasteiger partial charge in [0.1, 0.15) is 12.4 Å². The molecule has 1 saturated heterocycles. The van der Waals surface area contributed by atoms with Gasteiger partial charge in [0.15, 0.2) is 5.96 Å². The van der Waals surface area contributed by atoms with Gasteiger partial charge in [0.2, 0.25) is 0 Å². The van der Waals surface area contributed by atoms with Crippen LogP contribution >= 0.6 is 0 Å². The van der Waals surface area contributed by atoms with E-state index in [1.807, 2.05) is 12.1 Å². The highest BCUT2D eigenvalue weighted by Crippen LogP contribution is 2.18. The second-order valence-corrected chi connectivity index (χ2v) is 6.92. The quantitative estimate of drug-likeness (QED) is 0.446. The van der Waals surface area contributed by atoms with Crippen LogP contribution in [0.2, 0.25) is 0 Å². The van der Waals surface area contributed by atoms with E-state index in [4.69, 9.17) is 9.47 Å². The van der Waals surface area contributed by atoms with Crippen molar-refractivity contribution in [2.75, 3.05) is 46.5 Å². The average molecular weight is 348 g/mol. The van der Waals surface area contributed by atoms with E-state index >= 15 is 0 Å². The van der Waals surface area contributed by atoms with Gasteiger partial charge in [-0.25, -0.2) is 4.99 Å². The summed E-state index contributed by atoms with van der Waals surface area (Å²) in [5.41, 5.74) is 1.33. The van der Waals surface area contributed by atoms with Crippen LogP contribution in [0.25, 0.3) is 0 Å². The molecule has 1 aliphatic rings. The van der Waals surface area contributed by atoms with Crippen molar-refractivity contribution in [1.29, 1.82) is 0 Å². The zero-order valence-corrected chi connectivity index (χ0v) is 16.1. The summed E-state index contributed by atoms with van der Waals surface area (Å²) in [6.45, 7) is 11.3. The molecule has 5 heteroatoms. The number of benzene rings is 1. The van der Waals surface area contributed by atoms with E-state index in [0.717, 1.165) is 44.4 Å². The van der Waals surface area contributed by atoms with Gasteiger partial charge in [-0.2, -0.15) is 0 Å². The van der Waals surface area contributed by atoms with Gasteiger partial charge < -0.3 is 19.7 Å². The summed E-state index contributed by atoms with van der Waals surface area (Å²) in [6.07, 6.45) is 1.14. The Labute approximate surface area is 152 Å². The highest BCUT2D eigenvalue weighted by atomic mass is 16.5. The lowest BCUT2D eigenvalue weighted by molar-refractivity contribution is 0.181. The molecule has 2 rings (SSSR count). The summed E-state index contributed by atoms with van der Waals surface area (Å²) in [7, 11) is 2.09. The van der Waals surface area contributed by atoms with Crippen LogP contribution in [0.15, 0.2) is 29.3 Å². The Morgan fingerprint density at radius 1 is 1.36 bits per heavy atom. The number of hydrogen-bond donors (Lipinski definition) is 1. The van der Waals surface area contributed by atoms with Crippen LogP contribution in [-0.4, -0.2) is 57.4 Å². The first-order chi connectivity index (χ1) is 12.1. The molecule has 1 heterocycles. The number of rotatable bonds is 8. The molecule has 1 atom stereocenters. The Kier molecular flexibility index (Phi) is 8.06. The molecule has 5 nitrogen and oxygen atoms in total. The van der Waals surface area contributed by atoms with E-state index in [1.54, 1.807) is 0 Å². The Hall–Kier alpha value is -1.75. The number of guanidine groups is 1.